The van der Waals surface area contributed by atoms with E-state index in [2.05, 4.69) is 10.0 Å². The second kappa shape index (κ2) is 5.55. The Morgan fingerprint density at radius 2 is 2.20 bits per heavy atom. The lowest BCUT2D eigenvalue weighted by molar-refractivity contribution is -0.150. The second-order valence-electron chi connectivity index (χ2n) is 3.25. The summed E-state index contributed by atoms with van der Waals surface area (Å²) in [4.78, 5) is 2.57. The summed E-state index contributed by atoms with van der Waals surface area (Å²) in [5.74, 6) is 0. The first-order chi connectivity index (χ1) is 7.11. The maximum absolute atomic E-state index is 9.61. The molecule has 5 atom stereocenters. The molecule has 8 heteroatoms. The Labute approximate surface area is 91.2 Å². The van der Waals surface area contributed by atoms with Crippen molar-refractivity contribution < 1.29 is 14.9 Å². The molecule has 0 aliphatic carbocycles. The van der Waals surface area contributed by atoms with Crippen molar-refractivity contribution in [3.05, 3.63) is 10.4 Å². The SMILES string of the molecule is CS[C@@H]1OC(CN=[N+]=[N-])[C@@H](O)C(O)[C@@H]1N. The van der Waals surface area contributed by atoms with Gasteiger partial charge in [-0.15, -0.1) is 11.8 Å². The fourth-order valence-corrected chi connectivity index (χ4v) is 2.16. The van der Waals surface area contributed by atoms with Gasteiger partial charge >= 0.3 is 0 Å². The lowest BCUT2D eigenvalue weighted by Gasteiger charge is -2.40. The van der Waals surface area contributed by atoms with Crippen LogP contribution >= 0.6 is 11.8 Å². The fourth-order valence-electron chi connectivity index (χ4n) is 1.43. The van der Waals surface area contributed by atoms with Gasteiger partial charge in [0.05, 0.1) is 18.7 Å². The molecular formula is C7H14N4O3S. The van der Waals surface area contributed by atoms with Crippen LogP contribution in [-0.4, -0.2) is 52.8 Å². The van der Waals surface area contributed by atoms with Crippen LogP contribution in [0.1, 0.15) is 0 Å². The van der Waals surface area contributed by atoms with Crippen molar-refractivity contribution in [2.24, 2.45) is 10.8 Å². The van der Waals surface area contributed by atoms with Gasteiger partial charge in [-0.25, -0.2) is 0 Å². The van der Waals surface area contributed by atoms with Crippen LogP contribution in [0, 0.1) is 0 Å². The standard InChI is InChI=1S/C7H14N4O3S/c1-15-7-4(8)6(13)5(12)3(14-7)2-10-11-9/h3-7,12-13H,2,8H2,1H3/t3?,4-,5+,6?,7-/m0/s1. The molecule has 1 aliphatic rings. The van der Waals surface area contributed by atoms with Gasteiger partial charge in [0.1, 0.15) is 17.6 Å². The monoisotopic (exact) mass is 234 g/mol. The highest BCUT2D eigenvalue weighted by molar-refractivity contribution is 7.99. The van der Waals surface area contributed by atoms with Gasteiger partial charge in [-0.3, -0.25) is 0 Å². The van der Waals surface area contributed by atoms with E-state index in [1.807, 2.05) is 0 Å². The van der Waals surface area contributed by atoms with E-state index in [4.69, 9.17) is 16.0 Å². The summed E-state index contributed by atoms with van der Waals surface area (Å²) in [6, 6.07) is -0.641. The molecule has 0 amide bonds. The summed E-state index contributed by atoms with van der Waals surface area (Å²) >= 11 is 1.34. The van der Waals surface area contributed by atoms with Gasteiger partial charge < -0.3 is 20.7 Å². The maximum Gasteiger partial charge on any atom is 0.121 e. The van der Waals surface area contributed by atoms with Crippen LogP contribution in [0.25, 0.3) is 10.4 Å². The van der Waals surface area contributed by atoms with Gasteiger partial charge in [-0.05, 0) is 11.8 Å². The van der Waals surface area contributed by atoms with Gasteiger partial charge in [0.2, 0.25) is 0 Å². The molecular weight excluding hydrogens is 220 g/mol. The molecule has 0 saturated carbocycles. The molecule has 7 nitrogen and oxygen atoms in total. The molecule has 0 spiro atoms. The number of thioether (sulfide) groups is 1. The number of rotatable bonds is 3. The number of nitrogens with two attached hydrogens (primary N) is 1. The minimum Gasteiger partial charge on any atom is -0.389 e. The molecule has 1 fully saturated rings. The predicted molar refractivity (Wildman–Crippen MR) is 56.2 cm³/mol. The van der Waals surface area contributed by atoms with Crippen LogP contribution in [-0.2, 0) is 4.74 Å². The molecule has 1 heterocycles. The first-order valence-electron chi connectivity index (χ1n) is 4.42. The highest BCUT2D eigenvalue weighted by atomic mass is 32.2. The number of nitrogens with zero attached hydrogens (tertiary/aromatic N) is 3. The molecule has 1 saturated heterocycles. The highest BCUT2D eigenvalue weighted by Crippen LogP contribution is 2.25. The van der Waals surface area contributed by atoms with Crippen molar-refractivity contribution in [1.29, 1.82) is 0 Å². The molecule has 2 unspecified atom stereocenters. The number of hydrogen-bond donors (Lipinski definition) is 3. The van der Waals surface area contributed by atoms with Crippen LogP contribution in [0.15, 0.2) is 5.11 Å². The minimum absolute atomic E-state index is 0.0154. The summed E-state index contributed by atoms with van der Waals surface area (Å²) in [7, 11) is 0. The van der Waals surface area contributed by atoms with E-state index in [1.54, 1.807) is 6.26 Å². The average molecular weight is 234 g/mol. The highest BCUT2D eigenvalue weighted by Gasteiger charge is 2.41. The van der Waals surface area contributed by atoms with Crippen LogP contribution < -0.4 is 5.73 Å². The van der Waals surface area contributed by atoms with E-state index >= 15 is 0 Å². The number of hydrogen-bond acceptors (Lipinski definition) is 6. The van der Waals surface area contributed by atoms with Gasteiger partial charge in [0.25, 0.3) is 0 Å². The van der Waals surface area contributed by atoms with Crippen molar-refractivity contribution in [1.82, 2.24) is 0 Å². The molecule has 0 aromatic heterocycles. The second-order valence-corrected chi connectivity index (χ2v) is 4.19. The molecule has 4 N–H and O–H groups in total. The van der Waals surface area contributed by atoms with Crippen molar-refractivity contribution >= 4 is 11.8 Å². The third-order valence-electron chi connectivity index (χ3n) is 2.31. The zero-order valence-corrected chi connectivity index (χ0v) is 9.04. The minimum atomic E-state index is -1.12. The summed E-state index contributed by atoms with van der Waals surface area (Å²) in [5, 5.41) is 22.5. The zero-order chi connectivity index (χ0) is 11.4. The Bertz CT molecular complexity index is 259. The van der Waals surface area contributed by atoms with Crippen LogP contribution in [0.4, 0.5) is 0 Å². The normalized spacial score (nSPS) is 40.9. The summed E-state index contributed by atoms with van der Waals surface area (Å²) < 4.78 is 5.40. The number of aliphatic hydroxyl groups is 2. The predicted octanol–water partition coefficient (Wildman–Crippen LogP) is -0.566. The van der Waals surface area contributed by atoms with Gasteiger partial charge in [0, 0.05) is 4.91 Å². The average Bonchev–Trinajstić information content (AvgIpc) is 2.25. The third kappa shape index (κ3) is 2.75. The molecule has 1 aliphatic heterocycles. The first kappa shape index (κ1) is 12.6. The van der Waals surface area contributed by atoms with E-state index in [0.717, 1.165) is 0 Å². The van der Waals surface area contributed by atoms with Crippen molar-refractivity contribution in [2.75, 3.05) is 12.8 Å². The molecule has 0 aromatic carbocycles. The number of azide groups is 1. The fraction of sp³-hybridized carbons (Fsp3) is 1.00. The van der Waals surface area contributed by atoms with E-state index in [0.29, 0.717) is 0 Å². The lowest BCUT2D eigenvalue weighted by atomic mass is 9.99. The quantitative estimate of drug-likeness (QED) is 0.343. The van der Waals surface area contributed by atoms with Crippen LogP contribution in [0.3, 0.4) is 0 Å². The van der Waals surface area contributed by atoms with Gasteiger partial charge in [0.15, 0.2) is 0 Å². The Balaban J connectivity index is 2.69. The third-order valence-corrected chi connectivity index (χ3v) is 3.20. The Morgan fingerprint density at radius 3 is 2.73 bits per heavy atom. The Kier molecular flexibility index (Phi) is 4.65. The van der Waals surface area contributed by atoms with Crippen molar-refractivity contribution in [3.63, 3.8) is 0 Å². The van der Waals surface area contributed by atoms with E-state index in [9.17, 15) is 10.2 Å². The number of aliphatic hydroxyl groups excluding tert-OH is 2. The van der Waals surface area contributed by atoms with Crippen molar-refractivity contribution in [3.8, 4) is 0 Å². The molecule has 0 bridgehead atoms. The molecule has 0 radical (unpaired) electrons. The van der Waals surface area contributed by atoms with Crippen molar-refractivity contribution in [2.45, 2.75) is 29.8 Å². The Hall–Kier alpha value is -0.500. The van der Waals surface area contributed by atoms with Gasteiger partial charge in [-0.2, -0.15) is 0 Å². The van der Waals surface area contributed by atoms with Crippen LogP contribution in [0.2, 0.25) is 0 Å². The summed E-state index contributed by atoms with van der Waals surface area (Å²) in [5.41, 5.74) is 13.4. The molecule has 1 rings (SSSR count). The summed E-state index contributed by atoms with van der Waals surface area (Å²) in [6.07, 6.45) is -1.09. The van der Waals surface area contributed by atoms with E-state index in [-0.39, 0.29) is 6.54 Å². The topological polar surface area (TPSA) is 124 Å². The van der Waals surface area contributed by atoms with Crippen LogP contribution in [0.5, 0.6) is 0 Å². The van der Waals surface area contributed by atoms with Gasteiger partial charge in [-0.1, -0.05) is 5.11 Å². The van der Waals surface area contributed by atoms with E-state index < -0.39 is 29.8 Å². The largest absolute Gasteiger partial charge is 0.389 e. The zero-order valence-electron chi connectivity index (χ0n) is 8.22. The first-order valence-corrected chi connectivity index (χ1v) is 5.71. The molecule has 15 heavy (non-hydrogen) atoms. The maximum atomic E-state index is 9.61. The lowest BCUT2D eigenvalue weighted by Crippen LogP contribution is -2.60. The number of ether oxygens (including phenoxy) is 1. The molecule has 0 aromatic rings. The molecule has 86 valence electrons. The smallest absolute Gasteiger partial charge is 0.121 e. The Morgan fingerprint density at radius 1 is 1.53 bits per heavy atom. The van der Waals surface area contributed by atoms with E-state index in [1.165, 1.54) is 11.8 Å². The summed E-state index contributed by atoms with van der Waals surface area (Å²) in [6.45, 7) is -0.0154.